The van der Waals surface area contributed by atoms with E-state index in [1.807, 2.05) is 42.5 Å². The monoisotopic (exact) mass is 896 g/mol. The van der Waals surface area contributed by atoms with Crippen LogP contribution in [0.1, 0.15) is 101 Å². The number of nitrogens with zero attached hydrogens (tertiary/aromatic N) is 1. The summed E-state index contributed by atoms with van der Waals surface area (Å²) in [6.07, 6.45) is -1.41. The van der Waals surface area contributed by atoms with Crippen molar-refractivity contribution < 1.29 is 61.1 Å². The fourth-order valence-electron chi connectivity index (χ4n) is 8.55. The van der Waals surface area contributed by atoms with E-state index in [4.69, 9.17) is 33.2 Å². The van der Waals surface area contributed by atoms with Crippen LogP contribution in [0.5, 0.6) is 5.75 Å². The van der Waals surface area contributed by atoms with Gasteiger partial charge >= 0.3 is 24.0 Å². The largest absolute Gasteiger partial charge is 0.489 e. The summed E-state index contributed by atoms with van der Waals surface area (Å²) in [6.45, 7) is 12.7. The number of aryl methyl sites for hydroxylation is 1. The molecule has 0 radical (unpaired) electrons. The number of likely N-dealkylation sites (tertiary alicyclic amines) is 1. The Bertz CT molecular complexity index is 2100. The van der Waals surface area contributed by atoms with Gasteiger partial charge in [0.05, 0.1) is 12.6 Å². The van der Waals surface area contributed by atoms with Crippen LogP contribution in [-0.2, 0) is 55.6 Å². The zero-order valence-corrected chi connectivity index (χ0v) is 37.8. The molecule has 3 heterocycles. The maximum absolute atomic E-state index is 14.9. The molecule has 3 aliphatic rings. The summed E-state index contributed by atoms with van der Waals surface area (Å²) >= 11 is 1.29. The second kappa shape index (κ2) is 20.8. The van der Waals surface area contributed by atoms with Gasteiger partial charge in [-0.05, 0) is 105 Å². The molecule has 0 aliphatic carbocycles. The molecule has 3 fully saturated rings. The number of halogens is 2. The molecule has 0 saturated carbocycles. The van der Waals surface area contributed by atoms with Gasteiger partial charge in [-0.25, -0.2) is 13.6 Å². The quantitative estimate of drug-likeness (QED) is 0.133. The summed E-state index contributed by atoms with van der Waals surface area (Å²) in [5.74, 6) is -2.32. The molecule has 1 amide bonds. The molecule has 3 aromatic rings. The lowest BCUT2D eigenvalue weighted by atomic mass is 9.89. The number of carbonyl (C=O) groups excluding carboxylic acids is 4. The fourth-order valence-corrected chi connectivity index (χ4v) is 9.26. The van der Waals surface area contributed by atoms with Crippen LogP contribution in [0, 0.1) is 11.6 Å². The van der Waals surface area contributed by atoms with Gasteiger partial charge in [-0.2, -0.15) is 0 Å². The molecule has 0 unspecified atom stereocenters. The second-order valence-corrected chi connectivity index (χ2v) is 18.1. The van der Waals surface area contributed by atoms with Crippen LogP contribution in [0.2, 0.25) is 0 Å². The van der Waals surface area contributed by atoms with E-state index >= 15 is 0 Å². The lowest BCUT2D eigenvalue weighted by molar-refractivity contribution is -0.233. The van der Waals surface area contributed by atoms with Crippen LogP contribution >= 0.6 is 11.8 Å². The first kappa shape index (κ1) is 47.7. The van der Waals surface area contributed by atoms with Crippen molar-refractivity contribution in [2.75, 3.05) is 26.0 Å². The fraction of sp³-hybridized carbons (Fsp3) is 0.532. The summed E-state index contributed by atoms with van der Waals surface area (Å²) in [6, 6.07) is 16.3. The molecular formula is C47H58F2N2O11S. The number of amides is 1. The summed E-state index contributed by atoms with van der Waals surface area (Å²) in [5, 5.41) is 2.86. The van der Waals surface area contributed by atoms with Gasteiger partial charge in [0.25, 0.3) is 0 Å². The van der Waals surface area contributed by atoms with Gasteiger partial charge < -0.3 is 38.5 Å². The van der Waals surface area contributed by atoms with Crippen molar-refractivity contribution in [2.45, 2.75) is 134 Å². The van der Waals surface area contributed by atoms with E-state index in [0.717, 1.165) is 54.3 Å². The third-order valence-corrected chi connectivity index (χ3v) is 12.1. The predicted molar refractivity (Wildman–Crippen MR) is 230 cm³/mol. The van der Waals surface area contributed by atoms with E-state index in [0.29, 0.717) is 30.7 Å². The van der Waals surface area contributed by atoms with Crippen LogP contribution in [0.15, 0.2) is 60.7 Å². The summed E-state index contributed by atoms with van der Waals surface area (Å²) in [4.78, 5) is 51.9. The van der Waals surface area contributed by atoms with E-state index < -0.39 is 83.2 Å². The molecule has 6 rings (SSSR count). The Morgan fingerprint density at radius 2 is 1.54 bits per heavy atom. The predicted octanol–water partition coefficient (Wildman–Crippen LogP) is 7.55. The number of hydrogen-bond donors (Lipinski definition) is 1. The Labute approximate surface area is 371 Å². The third kappa shape index (κ3) is 12.5. The molecule has 0 bridgehead atoms. The number of rotatable bonds is 13. The zero-order valence-electron chi connectivity index (χ0n) is 37.0. The molecule has 63 heavy (non-hydrogen) atoms. The Kier molecular flexibility index (Phi) is 15.8. The van der Waals surface area contributed by atoms with Crippen LogP contribution in [-0.4, -0.2) is 102 Å². The molecule has 9 atom stereocenters. The minimum atomic E-state index is -1.11. The molecule has 3 aromatic carbocycles. The van der Waals surface area contributed by atoms with Gasteiger partial charge in [-0.3, -0.25) is 19.3 Å². The maximum Gasteiger partial charge on any atom is 0.407 e. The first-order valence-corrected chi connectivity index (χ1v) is 22.6. The topological polar surface area (TPSA) is 148 Å². The summed E-state index contributed by atoms with van der Waals surface area (Å²) < 4.78 is 70.8. The average molecular weight is 897 g/mol. The molecule has 0 spiro atoms. The number of benzene rings is 3. The molecule has 0 aromatic heterocycles. The molecule has 16 heteroatoms. The normalized spacial score (nSPS) is 26.3. The zero-order chi connectivity index (χ0) is 45.6. The minimum Gasteiger partial charge on any atom is -0.489 e. The Hall–Kier alpha value is -4.77. The van der Waals surface area contributed by atoms with Crippen molar-refractivity contribution in [2.24, 2.45) is 0 Å². The van der Waals surface area contributed by atoms with Crippen molar-refractivity contribution >= 4 is 35.8 Å². The highest BCUT2D eigenvalue weighted by atomic mass is 32.2. The van der Waals surface area contributed by atoms with Crippen molar-refractivity contribution in [1.29, 1.82) is 0 Å². The van der Waals surface area contributed by atoms with Crippen LogP contribution in [0.4, 0.5) is 13.6 Å². The van der Waals surface area contributed by atoms with Crippen LogP contribution < -0.4 is 10.1 Å². The highest BCUT2D eigenvalue weighted by Gasteiger charge is 2.52. The maximum atomic E-state index is 14.9. The molecule has 1 N–H and O–H groups in total. The number of nitrogens with one attached hydrogen (secondary N) is 1. The van der Waals surface area contributed by atoms with Crippen LogP contribution in [0.3, 0.4) is 0 Å². The number of hydrogen-bond acceptors (Lipinski definition) is 13. The number of alkyl carbamates (subject to hydrolysis) is 1. The first-order chi connectivity index (χ1) is 29.9. The van der Waals surface area contributed by atoms with Crippen molar-refractivity contribution in [3.8, 4) is 5.75 Å². The Morgan fingerprint density at radius 1 is 0.857 bits per heavy atom. The standard InChI is InChI=1S/C47H58F2N2O11S/c1-9-30-12-13-31(40-42(57-26(2)52)43(58-27(3)53)44(59-28(4)54)45(61-40)63-8)21-32(30)20-29-10-15-35(16-11-29)60-36-18-19-51(24-36)34-23-39(50-46(55)62-47(5,6)7)41(56-25-34)37-22-33(48)14-17-38(37)49/h10-17,21-22,34,36,39-45H,9,18-20,23-25H2,1-8H3,(H,50,55)/t34-,36-,39+,40+,41-,42+,43-,44+,45-/m1/s1. The van der Waals surface area contributed by atoms with Crippen molar-refractivity contribution in [3.63, 3.8) is 0 Å². The highest BCUT2D eigenvalue weighted by Crippen LogP contribution is 2.41. The highest BCUT2D eigenvalue weighted by molar-refractivity contribution is 7.99. The van der Waals surface area contributed by atoms with Gasteiger partial charge in [0.1, 0.15) is 46.7 Å². The van der Waals surface area contributed by atoms with E-state index in [1.54, 1.807) is 27.0 Å². The molecular weight excluding hydrogens is 839 g/mol. The van der Waals surface area contributed by atoms with Crippen molar-refractivity contribution in [1.82, 2.24) is 10.2 Å². The smallest absolute Gasteiger partial charge is 0.407 e. The van der Waals surface area contributed by atoms with E-state index in [-0.39, 0.29) is 24.3 Å². The molecule has 342 valence electrons. The Morgan fingerprint density at radius 3 is 2.19 bits per heavy atom. The lowest BCUT2D eigenvalue weighted by Gasteiger charge is -2.44. The van der Waals surface area contributed by atoms with Gasteiger partial charge in [0.15, 0.2) is 18.3 Å². The number of carbonyl (C=O) groups is 4. The average Bonchev–Trinajstić information content (AvgIpc) is 3.68. The SMILES string of the molecule is CCc1ccc([C@@H]2O[C@H](SC)[C@@H](OC(C)=O)[C@H](OC(C)=O)[C@H]2OC(C)=O)cc1Cc1ccc(O[C@@H]2CCN([C@H]3CO[C@H](c4cc(F)ccc4F)[C@@H](NC(=O)OC(C)(C)C)C3)C2)cc1. The number of ether oxygens (including phenoxy) is 7. The summed E-state index contributed by atoms with van der Waals surface area (Å²) in [5.41, 5.74) is 2.46. The van der Waals surface area contributed by atoms with E-state index in [9.17, 15) is 28.0 Å². The lowest BCUT2D eigenvalue weighted by Crippen LogP contribution is -2.57. The van der Waals surface area contributed by atoms with Gasteiger partial charge in [0, 0.05) is 45.5 Å². The first-order valence-electron chi connectivity index (χ1n) is 21.3. The number of thioether (sulfide) groups is 1. The molecule has 3 aliphatic heterocycles. The second-order valence-electron chi connectivity index (χ2n) is 17.2. The van der Waals surface area contributed by atoms with Gasteiger partial charge in [-0.15, -0.1) is 11.8 Å². The molecule has 3 saturated heterocycles. The van der Waals surface area contributed by atoms with Crippen molar-refractivity contribution in [3.05, 3.63) is 100 Å². The number of esters is 3. The third-order valence-electron chi connectivity index (χ3n) is 11.2. The van der Waals surface area contributed by atoms with Gasteiger partial charge in [-0.1, -0.05) is 37.3 Å². The van der Waals surface area contributed by atoms with E-state index in [1.165, 1.54) is 32.5 Å². The van der Waals surface area contributed by atoms with Crippen LogP contribution in [0.25, 0.3) is 0 Å². The Balaban J connectivity index is 1.12. The van der Waals surface area contributed by atoms with E-state index in [2.05, 4.69) is 17.1 Å². The van der Waals surface area contributed by atoms with Gasteiger partial charge in [0.2, 0.25) is 0 Å². The molecule has 13 nitrogen and oxygen atoms in total. The minimum absolute atomic E-state index is 0.0414. The summed E-state index contributed by atoms with van der Waals surface area (Å²) in [7, 11) is 0.